The number of furan rings is 1. The third-order valence-corrected chi connectivity index (χ3v) is 2.94. The van der Waals surface area contributed by atoms with Crippen molar-refractivity contribution < 1.29 is 9.15 Å². The summed E-state index contributed by atoms with van der Waals surface area (Å²) < 4.78 is 11.2. The molecule has 0 aliphatic heterocycles. The summed E-state index contributed by atoms with van der Waals surface area (Å²) in [6.07, 6.45) is 0. The van der Waals surface area contributed by atoms with E-state index in [9.17, 15) is 0 Å². The number of hydrogen-bond donors (Lipinski definition) is 1. The van der Waals surface area contributed by atoms with Crippen LogP contribution in [0.1, 0.15) is 24.0 Å². The Labute approximate surface area is 114 Å². The van der Waals surface area contributed by atoms with Crippen LogP contribution in [0.5, 0.6) is 5.75 Å². The zero-order valence-corrected chi connectivity index (χ0v) is 11.8. The second-order valence-electron chi connectivity index (χ2n) is 4.92. The summed E-state index contributed by atoms with van der Waals surface area (Å²) >= 11 is 0. The van der Waals surface area contributed by atoms with Gasteiger partial charge >= 0.3 is 0 Å². The van der Waals surface area contributed by atoms with Gasteiger partial charge in [0.2, 0.25) is 0 Å². The highest BCUT2D eigenvalue weighted by Gasteiger charge is 2.04. The Kier molecular flexibility index (Phi) is 4.63. The fraction of sp³-hybridized carbons (Fsp3) is 0.375. The van der Waals surface area contributed by atoms with Crippen LogP contribution in [-0.2, 0) is 6.54 Å². The van der Waals surface area contributed by atoms with Gasteiger partial charge in [0, 0.05) is 6.04 Å². The third kappa shape index (κ3) is 4.45. The van der Waals surface area contributed by atoms with Crippen LogP contribution in [0, 0.1) is 13.8 Å². The molecule has 0 aliphatic rings. The van der Waals surface area contributed by atoms with E-state index in [1.54, 1.807) is 0 Å². The number of hydrogen-bond acceptors (Lipinski definition) is 3. The predicted octanol–water partition coefficient (Wildman–Crippen LogP) is 3.45. The third-order valence-electron chi connectivity index (χ3n) is 2.94. The standard InChI is InChI=1S/C16H21NO2/c1-12-4-7-15(8-5-12)18-11-13(2)17-10-16-9-6-14(3)19-16/h4-9,13,17H,10-11H2,1-3H3. The normalized spacial score (nSPS) is 12.4. The Bertz CT molecular complexity index is 502. The molecule has 2 rings (SSSR count). The first-order valence-electron chi connectivity index (χ1n) is 6.61. The van der Waals surface area contributed by atoms with Gasteiger partial charge in [0.25, 0.3) is 0 Å². The van der Waals surface area contributed by atoms with E-state index in [0.717, 1.165) is 23.8 Å². The van der Waals surface area contributed by atoms with Crippen LogP contribution in [-0.4, -0.2) is 12.6 Å². The minimum Gasteiger partial charge on any atom is -0.492 e. The molecular weight excluding hydrogens is 238 g/mol. The average Bonchev–Trinajstić information content (AvgIpc) is 2.81. The van der Waals surface area contributed by atoms with Crippen LogP contribution >= 0.6 is 0 Å². The van der Waals surface area contributed by atoms with Gasteiger partial charge in [-0.3, -0.25) is 0 Å². The lowest BCUT2D eigenvalue weighted by Gasteiger charge is -2.14. The molecule has 0 saturated carbocycles. The van der Waals surface area contributed by atoms with Gasteiger partial charge in [-0.1, -0.05) is 17.7 Å². The number of nitrogens with one attached hydrogen (secondary N) is 1. The van der Waals surface area contributed by atoms with Crippen molar-refractivity contribution in [2.24, 2.45) is 0 Å². The monoisotopic (exact) mass is 259 g/mol. The average molecular weight is 259 g/mol. The van der Waals surface area contributed by atoms with Crippen molar-refractivity contribution in [3.05, 3.63) is 53.5 Å². The lowest BCUT2D eigenvalue weighted by Crippen LogP contribution is -2.31. The van der Waals surface area contributed by atoms with Gasteiger partial charge in [-0.25, -0.2) is 0 Å². The second-order valence-corrected chi connectivity index (χ2v) is 4.92. The number of rotatable bonds is 6. The van der Waals surface area contributed by atoms with Gasteiger partial charge in [0.1, 0.15) is 23.9 Å². The van der Waals surface area contributed by atoms with Crippen molar-refractivity contribution in [3.63, 3.8) is 0 Å². The summed E-state index contributed by atoms with van der Waals surface area (Å²) in [5.74, 6) is 2.81. The van der Waals surface area contributed by atoms with E-state index >= 15 is 0 Å². The molecule has 102 valence electrons. The molecule has 0 amide bonds. The minimum absolute atomic E-state index is 0.270. The molecule has 3 nitrogen and oxygen atoms in total. The first-order valence-corrected chi connectivity index (χ1v) is 6.61. The lowest BCUT2D eigenvalue weighted by molar-refractivity contribution is 0.269. The molecule has 0 aliphatic carbocycles. The van der Waals surface area contributed by atoms with Crippen LogP contribution in [0.25, 0.3) is 0 Å². The molecule has 1 aromatic carbocycles. The predicted molar refractivity (Wildman–Crippen MR) is 76.4 cm³/mol. The first-order chi connectivity index (χ1) is 9.13. The summed E-state index contributed by atoms with van der Waals surface area (Å²) in [5, 5.41) is 3.38. The summed E-state index contributed by atoms with van der Waals surface area (Å²) in [5.41, 5.74) is 1.24. The largest absolute Gasteiger partial charge is 0.492 e. The van der Waals surface area contributed by atoms with Crippen molar-refractivity contribution >= 4 is 0 Å². The molecule has 1 unspecified atom stereocenters. The van der Waals surface area contributed by atoms with Gasteiger partial charge in [-0.05, 0) is 45.0 Å². The summed E-state index contributed by atoms with van der Waals surface area (Å²) in [6, 6.07) is 12.3. The molecule has 1 heterocycles. The Balaban J connectivity index is 1.72. The fourth-order valence-electron chi connectivity index (χ4n) is 1.77. The maximum absolute atomic E-state index is 5.72. The molecule has 0 bridgehead atoms. The van der Waals surface area contributed by atoms with Crippen LogP contribution in [0.3, 0.4) is 0 Å². The number of benzene rings is 1. The SMILES string of the molecule is Cc1ccc(OCC(C)NCc2ccc(C)o2)cc1. The molecule has 1 aromatic heterocycles. The van der Waals surface area contributed by atoms with Crippen LogP contribution in [0.15, 0.2) is 40.8 Å². The molecule has 0 spiro atoms. The topological polar surface area (TPSA) is 34.4 Å². The van der Waals surface area contributed by atoms with Crippen LogP contribution in [0.4, 0.5) is 0 Å². The summed E-state index contributed by atoms with van der Waals surface area (Å²) in [7, 11) is 0. The number of ether oxygens (including phenoxy) is 1. The fourth-order valence-corrected chi connectivity index (χ4v) is 1.77. The minimum atomic E-state index is 0.270. The maximum atomic E-state index is 5.72. The molecule has 1 atom stereocenters. The van der Waals surface area contributed by atoms with Crippen molar-refractivity contribution in [1.82, 2.24) is 5.32 Å². The zero-order chi connectivity index (χ0) is 13.7. The molecule has 0 fully saturated rings. The van der Waals surface area contributed by atoms with E-state index in [4.69, 9.17) is 9.15 Å². The Morgan fingerprint density at radius 2 is 1.84 bits per heavy atom. The van der Waals surface area contributed by atoms with Crippen LogP contribution in [0.2, 0.25) is 0 Å². The highest BCUT2D eigenvalue weighted by molar-refractivity contribution is 5.26. The molecule has 0 saturated heterocycles. The van der Waals surface area contributed by atoms with Gasteiger partial charge < -0.3 is 14.5 Å². The van der Waals surface area contributed by atoms with Crippen LogP contribution < -0.4 is 10.1 Å². The van der Waals surface area contributed by atoms with Crippen molar-refractivity contribution in [3.8, 4) is 5.75 Å². The number of aryl methyl sites for hydroxylation is 2. The van der Waals surface area contributed by atoms with Gasteiger partial charge in [0.05, 0.1) is 6.54 Å². The molecule has 1 N–H and O–H groups in total. The smallest absolute Gasteiger partial charge is 0.119 e. The maximum Gasteiger partial charge on any atom is 0.119 e. The molecular formula is C16H21NO2. The van der Waals surface area contributed by atoms with E-state index in [1.807, 2.05) is 31.2 Å². The van der Waals surface area contributed by atoms with E-state index in [2.05, 4.69) is 31.3 Å². The molecule has 0 radical (unpaired) electrons. The van der Waals surface area contributed by atoms with E-state index in [-0.39, 0.29) is 6.04 Å². The zero-order valence-electron chi connectivity index (χ0n) is 11.8. The lowest BCUT2D eigenvalue weighted by atomic mass is 10.2. The Morgan fingerprint density at radius 3 is 2.47 bits per heavy atom. The van der Waals surface area contributed by atoms with Crippen molar-refractivity contribution in [2.45, 2.75) is 33.4 Å². The molecule has 19 heavy (non-hydrogen) atoms. The Morgan fingerprint density at radius 1 is 1.11 bits per heavy atom. The quantitative estimate of drug-likeness (QED) is 0.862. The Hall–Kier alpha value is -1.74. The molecule has 2 aromatic rings. The van der Waals surface area contributed by atoms with Crippen molar-refractivity contribution in [1.29, 1.82) is 0 Å². The first kappa shape index (κ1) is 13.7. The molecule has 3 heteroatoms. The summed E-state index contributed by atoms with van der Waals surface area (Å²) in [6.45, 7) is 7.49. The van der Waals surface area contributed by atoms with Gasteiger partial charge in [-0.15, -0.1) is 0 Å². The highest BCUT2D eigenvalue weighted by atomic mass is 16.5. The second kappa shape index (κ2) is 6.43. The van der Waals surface area contributed by atoms with E-state index in [0.29, 0.717) is 6.61 Å². The summed E-state index contributed by atoms with van der Waals surface area (Å²) in [4.78, 5) is 0. The van der Waals surface area contributed by atoms with Gasteiger partial charge in [-0.2, -0.15) is 0 Å². The van der Waals surface area contributed by atoms with Gasteiger partial charge in [0.15, 0.2) is 0 Å². The van der Waals surface area contributed by atoms with Crippen molar-refractivity contribution in [2.75, 3.05) is 6.61 Å². The van der Waals surface area contributed by atoms with E-state index < -0.39 is 0 Å². The highest BCUT2D eigenvalue weighted by Crippen LogP contribution is 2.11. The van der Waals surface area contributed by atoms with E-state index in [1.165, 1.54) is 5.56 Å².